The monoisotopic (exact) mass is 283 g/mol. The number of nitrogens with one attached hydrogen (secondary N) is 1. The Morgan fingerprint density at radius 1 is 1.47 bits per heavy atom. The fourth-order valence-corrected chi connectivity index (χ4v) is 2.60. The molecule has 3 nitrogen and oxygen atoms in total. The van der Waals surface area contributed by atoms with Crippen LogP contribution in [0.4, 0.5) is 0 Å². The van der Waals surface area contributed by atoms with Gasteiger partial charge < -0.3 is 10.1 Å². The van der Waals surface area contributed by atoms with Crippen molar-refractivity contribution in [2.24, 2.45) is 0 Å². The lowest BCUT2D eigenvalue weighted by molar-refractivity contribution is -0.143. The van der Waals surface area contributed by atoms with Crippen molar-refractivity contribution >= 4 is 18.4 Å². The Kier molecular flexibility index (Phi) is 6.32. The maximum Gasteiger partial charge on any atom is 0.306 e. The summed E-state index contributed by atoms with van der Waals surface area (Å²) in [4.78, 5) is 11.6. The Hall–Kier alpha value is -1.06. The molecular weight excluding hydrogens is 262 g/mol. The SMILES string of the molecule is CCOC(=O)CC(C)c1cccc2c1CCNC2.Cl. The van der Waals surface area contributed by atoms with Crippen molar-refractivity contribution in [3.8, 4) is 0 Å². The van der Waals surface area contributed by atoms with Crippen molar-refractivity contribution in [1.82, 2.24) is 5.32 Å². The first-order chi connectivity index (χ1) is 8.72. The van der Waals surface area contributed by atoms with Crippen molar-refractivity contribution in [2.45, 2.75) is 39.2 Å². The van der Waals surface area contributed by atoms with Crippen LogP contribution >= 0.6 is 12.4 Å². The zero-order valence-corrected chi connectivity index (χ0v) is 12.4. The highest BCUT2D eigenvalue weighted by molar-refractivity contribution is 5.85. The maximum absolute atomic E-state index is 11.6. The summed E-state index contributed by atoms with van der Waals surface area (Å²) in [5.74, 6) is 0.133. The zero-order chi connectivity index (χ0) is 13.0. The van der Waals surface area contributed by atoms with Gasteiger partial charge in [0.1, 0.15) is 0 Å². The lowest BCUT2D eigenvalue weighted by atomic mass is 9.87. The van der Waals surface area contributed by atoms with Crippen LogP contribution in [0.2, 0.25) is 0 Å². The summed E-state index contributed by atoms with van der Waals surface area (Å²) in [5.41, 5.74) is 4.10. The number of fused-ring (bicyclic) bond motifs is 1. The molecule has 0 amide bonds. The molecule has 1 aliphatic rings. The predicted octanol–water partition coefficient (Wildman–Crippen LogP) is 2.81. The van der Waals surface area contributed by atoms with Crippen LogP contribution in [0.1, 0.15) is 42.9 Å². The molecule has 1 aliphatic heterocycles. The second kappa shape index (κ2) is 7.51. The standard InChI is InChI=1S/C15H21NO2.ClH/c1-3-18-15(17)9-11(2)13-6-4-5-12-10-16-8-7-14(12)13;/h4-6,11,16H,3,7-10H2,1-2H3;1H. The third-order valence-corrected chi connectivity index (χ3v) is 3.49. The van der Waals surface area contributed by atoms with Crippen LogP contribution in [0.3, 0.4) is 0 Å². The molecule has 1 aromatic carbocycles. The topological polar surface area (TPSA) is 38.3 Å². The lowest BCUT2D eigenvalue weighted by Crippen LogP contribution is -2.25. The van der Waals surface area contributed by atoms with Gasteiger partial charge in [0, 0.05) is 6.54 Å². The minimum Gasteiger partial charge on any atom is -0.466 e. The van der Waals surface area contributed by atoms with E-state index in [-0.39, 0.29) is 24.3 Å². The maximum atomic E-state index is 11.6. The first-order valence-corrected chi connectivity index (χ1v) is 6.69. The predicted molar refractivity (Wildman–Crippen MR) is 78.8 cm³/mol. The van der Waals surface area contributed by atoms with Crippen LogP contribution in [-0.2, 0) is 22.5 Å². The van der Waals surface area contributed by atoms with Gasteiger partial charge in [0.15, 0.2) is 0 Å². The summed E-state index contributed by atoms with van der Waals surface area (Å²) in [6, 6.07) is 6.40. The second-order valence-corrected chi connectivity index (χ2v) is 4.82. The highest BCUT2D eigenvalue weighted by atomic mass is 35.5. The van der Waals surface area contributed by atoms with Gasteiger partial charge in [0.05, 0.1) is 13.0 Å². The molecule has 1 unspecified atom stereocenters. The Morgan fingerprint density at radius 2 is 2.26 bits per heavy atom. The van der Waals surface area contributed by atoms with E-state index in [1.54, 1.807) is 0 Å². The summed E-state index contributed by atoms with van der Waals surface area (Å²) in [5, 5.41) is 3.38. The van der Waals surface area contributed by atoms with Crippen LogP contribution in [0.25, 0.3) is 0 Å². The Bertz CT molecular complexity index is 434. The molecule has 0 aliphatic carbocycles. The van der Waals surface area contributed by atoms with Crippen LogP contribution in [0, 0.1) is 0 Å². The average Bonchev–Trinajstić information content (AvgIpc) is 2.38. The molecular formula is C15H22ClNO2. The van der Waals surface area contributed by atoms with E-state index >= 15 is 0 Å². The number of benzene rings is 1. The van der Waals surface area contributed by atoms with E-state index in [1.807, 2.05) is 6.92 Å². The molecule has 4 heteroatoms. The molecule has 0 spiro atoms. The quantitative estimate of drug-likeness (QED) is 0.864. The van der Waals surface area contributed by atoms with Crippen LogP contribution in [0.15, 0.2) is 18.2 Å². The van der Waals surface area contributed by atoms with E-state index in [4.69, 9.17) is 4.74 Å². The molecule has 2 rings (SSSR count). The summed E-state index contributed by atoms with van der Waals surface area (Å²) in [7, 11) is 0. The number of halogens is 1. The summed E-state index contributed by atoms with van der Waals surface area (Å²) in [6.45, 7) is 6.38. The Labute approximate surface area is 121 Å². The Morgan fingerprint density at radius 3 is 3.00 bits per heavy atom. The van der Waals surface area contributed by atoms with Crippen molar-refractivity contribution in [3.63, 3.8) is 0 Å². The van der Waals surface area contributed by atoms with Gasteiger partial charge in [0.25, 0.3) is 0 Å². The first-order valence-electron chi connectivity index (χ1n) is 6.69. The summed E-state index contributed by atoms with van der Waals surface area (Å²) < 4.78 is 5.03. The number of rotatable bonds is 4. The highest BCUT2D eigenvalue weighted by Crippen LogP contribution is 2.27. The van der Waals surface area contributed by atoms with Crippen LogP contribution < -0.4 is 5.32 Å². The van der Waals surface area contributed by atoms with Gasteiger partial charge >= 0.3 is 5.97 Å². The molecule has 19 heavy (non-hydrogen) atoms. The van der Waals surface area contributed by atoms with E-state index in [9.17, 15) is 4.79 Å². The summed E-state index contributed by atoms with van der Waals surface area (Å²) in [6.07, 6.45) is 1.52. The molecule has 0 saturated carbocycles. The van der Waals surface area contributed by atoms with Crippen LogP contribution in [-0.4, -0.2) is 19.1 Å². The fraction of sp³-hybridized carbons (Fsp3) is 0.533. The average molecular weight is 284 g/mol. The molecule has 1 aromatic rings. The Balaban J connectivity index is 0.00000180. The van der Waals surface area contributed by atoms with Gasteiger partial charge in [-0.15, -0.1) is 12.4 Å². The molecule has 0 radical (unpaired) electrons. The van der Waals surface area contributed by atoms with Gasteiger partial charge in [-0.05, 0) is 42.5 Å². The number of hydrogen-bond acceptors (Lipinski definition) is 3. The number of hydrogen-bond donors (Lipinski definition) is 1. The zero-order valence-electron chi connectivity index (χ0n) is 11.6. The smallest absolute Gasteiger partial charge is 0.306 e. The highest BCUT2D eigenvalue weighted by Gasteiger charge is 2.18. The molecule has 0 bridgehead atoms. The van der Waals surface area contributed by atoms with Crippen molar-refractivity contribution < 1.29 is 9.53 Å². The third-order valence-electron chi connectivity index (χ3n) is 3.49. The fourth-order valence-electron chi connectivity index (χ4n) is 2.60. The summed E-state index contributed by atoms with van der Waals surface area (Å²) >= 11 is 0. The molecule has 0 aromatic heterocycles. The minimum absolute atomic E-state index is 0. The van der Waals surface area contributed by atoms with E-state index in [2.05, 4.69) is 30.4 Å². The molecule has 1 N–H and O–H groups in total. The van der Waals surface area contributed by atoms with E-state index in [0.717, 1.165) is 19.5 Å². The molecule has 0 saturated heterocycles. The van der Waals surface area contributed by atoms with Crippen LogP contribution in [0.5, 0.6) is 0 Å². The third kappa shape index (κ3) is 3.95. The first kappa shape index (κ1) is 16.0. The number of carbonyl (C=O) groups is 1. The normalized spacial score (nSPS) is 15.1. The van der Waals surface area contributed by atoms with E-state index < -0.39 is 0 Å². The van der Waals surface area contributed by atoms with Gasteiger partial charge in [-0.25, -0.2) is 0 Å². The molecule has 106 valence electrons. The van der Waals surface area contributed by atoms with Gasteiger partial charge in [-0.3, -0.25) is 4.79 Å². The molecule has 1 heterocycles. The van der Waals surface area contributed by atoms with Gasteiger partial charge in [-0.1, -0.05) is 25.1 Å². The second-order valence-electron chi connectivity index (χ2n) is 4.82. The van der Waals surface area contributed by atoms with Gasteiger partial charge in [0.2, 0.25) is 0 Å². The largest absolute Gasteiger partial charge is 0.466 e. The van der Waals surface area contributed by atoms with E-state index in [0.29, 0.717) is 13.0 Å². The van der Waals surface area contributed by atoms with Crippen molar-refractivity contribution in [3.05, 3.63) is 34.9 Å². The molecule has 0 fully saturated rings. The minimum atomic E-state index is -0.100. The number of esters is 1. The van der Waals surface area contributed by atoms with E-state index in [1.165, 1.54) is 16.7 Å². The van der Waals surface area contributed by atoms with Crippen molar-refractivity contribution in [2.75, 3.05) is 13.2 Å². The van der Waals surface area contributed by atoms with Gasteiger partial charge in [-0.2, -0.15) is 0 Å². The van der Waals surface area contributed by atoms with Crippen molar-refractivity contribution in [1.29, 1.82) is 0 Å². The lowest BCUT2D eigenvalue weighted by Gasteiger charge is -2.23. The number of ether oxygens (including phenoxy) is 1. The molecule has 1 atom stereocenters. The number of carbonyl (C=O) groups excluding carboxylic acids is 1.